The summed E-state index contributed by atoms with van der Waals surface area (Å²) >= 11 is 0. The van der Waals surface area contributed by atoms with Crippen LogP contribution in [-0.2, 0) is 0 Å². The average molecular weight is 169 g/mol. The van der Waals surface area contributed by atoms with E-state index in [1.807, 2.05) is 0 Å². The van der Waals surface area contributed by atoms with Crippen LogP contribution in [0.1, 0.15) is 46.5 Å². The largest absolute Gasteiger partial charge is 0.314 e. The lowest BCUT2D eigenvalue weighted by molar-refractivity contribution is 0.505. The van der Waals surface area contributed by atoms with Crippen molar-refractivity contribution < 1.29 is 0 Å². The maximum atomic E-state index is 3.61. The first kappa shape index (κ1) is 10.0. The topological polar surface area (TPSA) is 12.0 Å². The Hall–Kier alpha value is -0.0400. The molecule has 12 heavy (non-hydrogen) atoms. The van der Waals surface area contributed by atoms with Gasteiger partial charge < -0.3 is 5.32 Å². The molecule has 0 spiro atoms. The van der Waals surface area contributed by atoms with Crippen LogP contribution in [0.2, 0.25) is 0 Å². The van der Waals surface area contributed by atoms with Crippen molar-refractivity contribution in [3.8, 4) is 0 Å². The molecule has 1 N–H and O–H groups in total. The van der Waals surface area contributed by atoms with Crippen molar-refractivity contribution in [2.24, 2.45) is 11.8 Å². The molecule has 1 unspecified atom stereocenters. The van der Waals surface area contributed by atoms with Crippen molar-refractivity contribution in [1.82, 2.24) is 5.32 Å². The third kappa shape index (κ3) is 3.57. The van der Waals surface area contributed by atoms with Gasteiger partial charge in [0.25, 0.3) is 0 Å². The summed E-state index contributed by atoms with van der Waals surface area (Å²) in [6.45, 7) is 8.12. The van der Waals surface area contributed by atoms with E-state index in [-0.39, 0.29) is 0 Å². The van der Waals surface area contributed by atoms with E-state index >= 15 is 0 Å². The van der Waals surface area contributed by atoms with Crippen molar-refractivity contribution in [2.75, 3.05) is 6.54 Å². The normalized spacial score (nSPS) is 28.0. The second kappa shape index (κ2) is 4.86. The third-order valence-electron chi connectivity index (χ3n) is 2.63. The summed E-state index contributed by atoms with van der Waals surface area (Å²) in [6, 6.07) is 0.874. The Bertz CT molecular complexity index is 120. The lowest BCUT2D eigenvalue weighted by Gasteiger charge is -2.04. The standard InChI is InChI=1S/C11H23N/c1-4-5-6-12-11-8-10(11)7-9(2)3/h9-12H,4-8H2,1-3H3/t10-,11?/m0/s1. The van der Waals surface area contributed by atoms with Crippen molar-refractivity contribution in [2.45, 2.75) is 52.5 Å². The highest BCUT2D eigenvalue weighted by Gasteiger charge is 2.36. The van der Waals surface area contributed by atoms with Crippen LogP contribution in [0, 0.1) is 11.8 Å². The van der Waals surface area contributed by atoms with Crippen LogP contribution in [0.4, 0.5) is 0 Å². The van der Waals surface area contributed by atoms with E-state index in [0.29, 0.717) is 0 Å². The Morgan fingerprint density at radius 3 is 2.75 bits per heavy atom. The van der Waals surface area contributed by atoms with Crippen LogP contribution < -0.4 is 5.32 Å². The third-order valence-corrected chi connectivity index (χ3v) is 2.63. The van der Waals surface area contributed by atoms with Crippen LogP contribution in [-0.4, -0.2) is 12.6 Å². The molecule has 0 amide bonds. The van der Waals surface area contributed by atoms with Crippen LogP contribution in [0.25, 0.3) is 0 Å². The lowest BCUT2D eigenvalue weighted by atomic mass is 10.1. The van der Waals surface area contributed by atoms with Crippen LogP contribution >= 0.6 is 0 Å². The zero-order valence-corrected chi connectivity index (χ0v) is 8.77. The first-order valence-electron chi connectivity index (χ1n) is 5.47. The van der Waals surface area contributed by atoms with E-state index in [2.05, 4.69) is 26.1 Å². The molecule has 0 heterocycles. The van der Waals surface area contributed by atoms with Gasteiger partial charge in [0, 0.05) is 6.04 Å². The Balaban J connectivity index is 1.93. The van der Waals surface area contributed by atoms with Crippen LogP contribution in [0.15, 0.2) is 0 Å². The monoisotopic (exact) mass is 169 g/mol. The smallest absolute Gasteiger partial charge is 0.00992 e. The molecular weight excluding hydrogens is 146 g/mol. The number of rotatable bonds is 6. The van der Waals surface area contributed by atoms with Gasteiger partial charge in [-0.25, -0.2) is 0 Å². The SMILES string of the molecule is CCCCNC1C[C@@H]1CC(C)C. The van der Waals surface area contributed by atoms with Crippen molar-refractivity contribution >= 4 is 0 Å². The fraction of sp³-hybridized carbons (Fsp3) is 1.00. The highest BCUT2D eigenvalue weighted by molar-refractivity contribution is 4.93. The molecule has 1 aliphatic rings. The molecule has 0 aromatic heterocycles. The van der Waals surface area contributed by atoms with E-state index in [0.717, 1.165) is 17.9 Å². The summed E-state index contributed by atoms with van der Waals surface area (Å²) in [5, 5.41) is 3.61. The molecule has 1 fully saturated rings. The van der Waals surface area contributed by atoms with Gasteiger partial charge in [0.05, 0.1) is 0 Å². The van der Waals surface area contributed by atoms with Gasteiger partial charge in [-0.05, 0) is 37.6 Å². The molecule has 0 saturated heterocycles. The predicted octanol–water partition coefficient (Wildman–Crippen LogP) is 2.81. The van der Waals surface area contributed by atoms with Gasteiger partial charge in [-0.1, -0.05) is 27.2 Å². The second-order valence-corrected chi connectivity index (χ2v) is 4.54. The molecule has 1 nitrogen and oxygen atoms in total. The number of hydrogen-bond donors (Lipinski definition) is 1. The molecule has 0 aromatic carbocycles. The minimum atomic E-state index is 0.874. The summed E-state index contributed by atoms with van der Waals surface area (Å²) in [5.41, 5.74) is 0. The number of unbranched alkanes of at least 4 members (excludes halogenated alkanes) is 1. The summed E-state index contributed by atoms with van der Waals surface area (Å²) in [6.07, 6.45) is 5.51. The molecule has 1 rings (SSSR count). The summed E-state index contributed by atoms with van der Waals surface area (Å²) < 4.78 is 0. The summed E-state index contributed by atoms with van der Waals surface area (Å²) in [7, 11) is 0. The predicted molar refractivity (Wildman–Crippen MR) is 54.3 cm³/mol. The van der Waals surface area contributed by atoms with Gasteiger partial charge in [0.1, 0.15) is 0 Å². The molecule has 0 aromatic rings. The van der Waals surface area contributed by atoms with E-state index in [1.165, 1.54) is 32.2 Å². The zero-order valence-electron chi connectivity index (χ0n) is 8.77. The van der Waals surface area contributed by atoms with Crippen molar-refractivity contribution in [3.63, 3.8) is 0 Å². The van der Waals surface area contributed by atoms with Gasteiger partial charge in [-0.15, -0.1) is 0 Å². The minimum absolute atomic E-state index is 0.874. The lowest BCUT2D eigenvalue weighted by Crippen LogP contribution is -2.19. The maximum Gasteiger partial charge on any atom is 0.00992 e. The van der Waals surface area contributed by atoms with E-state index < -0.39 is 0 Å². The van der Waals surface area contributed by atoms with Gasteiger partial charge >= 0.3 is 0 Å². The average Bonchev–Trinajstić information content (AvgIpc) is 2.67. The Morgan fingerprint density at radius 1 is 1.42 bits per heavy atom. The van der Waals surface area contributed by atoms with Crippen molar-refractivity contribution in [3.05, 3.63) is 0 Å². The number of nitrogens with one attached hydrogen (secondary N) is 1. The Morgan fingerprint density at radius 2 is 2.17 bits per heavy atom. The first-order chi connectivity index (χ1) is 5.74. The maximum absolute atomic E-state index is 3.61. The summed E-state index contributed by atoms with van der Waals surface area (Å²) in [4.78, 5) is 0. The van der Waals surface area contributed by atoms with Crippen molar-refractivity contribution in [1.29, 1.82) is 0 Å². The molecule has 2 atom stereocenters. The van der Waals surface area contributed by atoms with E-state index in [4.69, 9.17) is 0 Å². The highest BCUT2D eigenvalue weighted by atomic mass is 15.0. The quantitative estimate of drug-likeness (QED) is 0.603. The molecule has 1 saturated carbocycles. The minimum Gasteiger partial charge on any atom is -0.314 e. The Kier molecular flexibility index (Phi) is 4.07. The molecule has 1 heteroatoms. The molecule has 72 valence electrons. The molecule has 0 bridgehead atoms. The first-order valence-corrected chi connectivity index (χ1v) is 5.47. The highest BCUT2D eigenvalue weighted by Crippen LogP contribution is 2.35. The van der Waals surface area contributed by atoms with Gasteiger partial charge in [0.2, 0.25) is 0 Å². The second-order valence-electron chi connectivity index (χ2n) is 4.54. The molecular formula is C11H23N. The van der Waals surface area contributed by atoms with Gasteiger partial charge in [-0.2, -0.15) is 0 Å². The van der Waals surface area contributed by atoms with Crippen LogP contribution in [0.5, 0.6) is 0 Å². The van der Waals surface area contributed by atoms with E-state index in [1.54, 1.807) is 0 Å². The van der Waals surface area contributed by atoms with E-state index in [9.17, 15) is 0 Å². The summed E-state index contributed by atoms with van der Waals surface area (Å²) in [5.74, 6) is 1.88. The molecule has 1 aliphatic carbocycles. The number of hydrogen-bond acceptors (Lipinski definition) is 1. The molecule has 0 aliphatic heterocycles. The fourth-order valence-corrected chi connectivity index (χ4v) is 1.83. The molecule has 0 radical (unpaired) electrons. The van der Waals surface area contributed by atoms with Crippen LogP contribution in [0.3, 0.4) is 0 Å². The van der Waals surface area contributed by atoms with Gasteiger partial charge in [0.15, 0.2) is 0 Å². The zero-order chi connectivity index (χ0) is 8.97. The van der Waals surface area contributed by atoms with Gasteiger partial charge in [-0.3, -0.25) is 0 Å². The Labute approximate surface area is 76.9 Å². The fourth-order valence-electron chi connectivity index (χ4n) is 1.83.